The fourth-order valence-corrected chi connectivity index (χ4v) is 4.82. The first-order valence-corrected chi connectivity index (χ1v) is 11.2. The molecule has 0 aliphatic carbocycles. The molecule has 0 radical (unpaired) electrons. The summed E-state index contributed by atoms with van der Waals surface area (Å²) in [7, 11) is 2.18. The number of hydrogen-bond acceptors (Lipinski definition) is 5. The van der Waals surface area contributed by atoms with E-state index in [0.717, 1.165) is 42.7 Å². The SMILES string of the molecule is CC(=O)N(c1ccc(C)cc1)c1nc(CN2CCN(C)C[C@H]2c2ccccc2)cs1. The largest absolute Gasteiger partial charge is 0.303 e. The molecular weight excluding hydrogens is 392 g/mol. The maximum absolute atomic E-state index is 12.4. The molecule has 0 saturated carbocycles. The zero-order valence-electron chi connectivity index (χ0n) is 17.8. The second-order valence-electron chi connectivity index (χ2n) is 7.97. The van der Waals surface area contributed by atoms with Crippen LogP contribution in [0.1, 0.15) is 29.8 Å². The van der Waals surface area contributed by atoms with Gasteiger partial charge in [0.05, 0.1) is 11.4 Å². The lowest BCUT2D eigenvalue weighted by molar-refractivity contribution is -0.115. The molecule has 2 aromatic carbocycles. The minimum atomic E-state index is -0.0264. The summed E-state index contributed by atoms with van der Waals surface area (Å²) >= 11 is 1.53. The van der Waals surface area contributed by atoms with Crippen LogP contribution in [-0.2, 0) is 11.3 Å². The van der Waals surface area contributed by atoms with Crippen molar-refractivity contribution >= 4 is 28.1 Å². The smallest absolute Gasteiger partial charge is 0.230 e. The van der Waals surface area contributed by atoms with Crippen molar-refractivity contribution in [3.63, 3.8) is 0 Å². The fraction of sp³-hybridized carbons (Fsp3) is 0.333. The zero-order valence-corrected chi connectivity index (χ0v) is 18.6. The van der Waals surface area contributed by atoms with Crippen LogP contribution in [0, 0.1) is 6.92 Å². The molecule has 5 nitrogen and oxygen atoms in total. The normalized spacial score (nSPS) is 17.8. The van der Waals surface area contributed by atoms with E-state index in [-0.39, 0.29) is 5.91 Å². The van der Waals surface area contributed by atoms with Gasteiger partial charge in [0.1, 0.15) is 0 Å². The number of benzene rings is 2. The van der Waals surface area contributed by atoms with Crippen LogP contribution in [0.15, 0.2) is 60.0 Å². The third-order valence-corrected chi connectivity index (χ3v) is 6.46. The molecule has 0 spiro atoms. The average Bonchev–Trinajstić information content (AvgIpc) is 3.19. The Morgan fingerprint density at radius 3 is 2.57 bits per heavy atom. The molecule has 1 saturated heterocycles. The highest BCUT2D eigenvalue weighted by Crippen LogP contribution is 2.31. The van der Waals surface area contributed by atoms with E-state index in [1.165, 1.54) is 22.5 Å². The highest BCUT2D eigenvalue weighted by Gasteiger charge is 2.27. The van der Waals surface area contributed by atoms with Gasteiger partial charge in [0, 0.05) is 44.5 Å². The number of amides is 1. The van der Waals surface area contributed by atoms with Crippen LogP contribution >= 0.6 is 11.3 Å². The average molecular weight is 421 g/mol. The molecular formula is C24H28N4OS. The van der Waals surface area contributed by atoms with Gasteiger partial charge >= 0.3 is 0 Å². The van der Waals surface area contributed by atoms with Gasteiger partial charge in [-0.3, -0.25) is 14.6 Å². The predicted molar refractivity (Wildman–Crippen MR) is 123 cm³/mol. The van der Waals surface area contributed by atoms with Gasteiger partial charge in [-0.2, -0.15) is 0 Å². The van der Waals surface area contributed by atoms with E-state index in [1.54, 1.807) is 11.8 Å². The second-order valence-corrected chi connectivity index (χ2v) is 8.81. The second kappa shape index (κ2) is 9.08. The van der Waals surface area contributed by atoms with Crippen molar-refractivity contribution in [2.75, 3.05) is 31.6 Å². The molecule has 1 aliphatic heterocycles. The van der Waals surface area contributed by atoms with E-state index in [2.05, 4.69) is 52.6 Å². The number of piperazine rings is 1. The van der Waals surface area contributed by atoms with Crippen molar-refractivity contribution in [1.82, 2.24) is 14.8 Å². The van der Waals surface area contributed by atoms with Crippen molar-refractivity contribution in [3.05, 3.63) is 76.8 Å². The third-order valence-electron chi connectivity index (χ3n) is 5.58. The molecule has 3 aromatic rings. The van der Waals surface area contributed by atoms with Crippen LogP contribution < -0.4 is 4.90 Å². The Labute approximate surface area is 182 Å². The van der Waals surface area contributed by atoms with Gasteiger partial charge in [0.2, 0.25) is 5.91 Å². The lowest BCUT2D eigenvalue weighted by Crippen LogP contribution is -2.46. The molecule has 1 amide bonds. The van der Waals surface area contributed by atoms with Crippen LogP contribution in [-0.4, -0.2) is 47.4 Å². The summed E-state index contributed by atoms with van der Waals surface area (Å²) in [6.45, 7) is 7.46. The molecule has 0 bridgehead atoms. The number of aromatic nitrogens is 1. The Morgan fingerprint density at radius 2 is 1.87 bits per heavy atom. The van der Waals surface area contributed by atoms with Crippen LogP contribution in [0.3, 0.4) is 0 Å². The van der Waals surface area contributed by atoms with Crippen molar-refractivity contribution in [2.45, 2.75) is 26.4 Å². The quantitative estimate of drug-likeness (QED) is 0.604. The number of anilines is 2. The maximum atomic E-state index is 12.4. The van der Waals surface area contributed by atoms with Crippen molar-refractivity contribution < 1.29 is 4.79 Å². The number of thiazole rings is 1. The van der Waals surface area contributed by atoms with Crippen LogP contribution in [0.4, 0.5) is 10.8 Å². The summed E-state index contributed by atoms with van der Waals surface area (Å²) < 4.78 is 0. The van der Waals surface area contributed by atoms with Crippen LogP contribution in [0.25, 0.3) is 0 Å². The number of nitrogens with zero attached hydrogens (tertiary/aromatic N) is 4. The highest BCUT2D eigenvalue weighted by atomic mass is 32.1. The Hall–Kier alpha value is -2.54. The number of rotatable bonds is 5. The lowest BCUT2D eigenvalue weighted by atomic mass is 10.0. The molecule has 1 fully saturated rings. The van der Waals surface area contributed by atoms with E-state index in [1.807, 2.05) is 31.2 Å². The van der Waals surface area contributed by atoms with E-state index in [9.17, 15) is 4.79 Å². The summed E-state index contributed by atoms with van der Waals surface area (Å²) in [4.78, 5) is 23.8. The molecule has 1 aromatic heterocycles. The first-order valence-electron chi connectivity index (χ1n) is 10.3. The number of aryl methyl sites for hydroxylation is 1. The van der Waals surface area contributed by atoms with Crippen molar-refractivity contribution in [1.29, 1.82) is 0 Å². The molecule has 4 rings (SSSR count). The maximum Gasteiger partial charge on any atom is 0.230 e. The van der Waals surface area contributed by atoms with E-state index in [0.29, 0.717) is 6.04 Å². The molecule has 1 atom stereocenters. The summed E-state index contributed by atoms with van der Waals surface area (Å²) in [5.41, 5.74) is 4.38. The number of carbonyl (C=O) groups excluding carboxylic acids is 1. The van der Waals surface area contributed by atoms with E-state index >= 15 is 0 Å². The van der Waals surface area contributed by atoms with E-state index < -0.39 is 0 Å². The molecule has 0 N–H and O–H groups in total. The standard InChI is InChI=1S/C24H28N4OS/c1-18-9-11-22(12-10-18)28(19(2)29)24-25-21(17-30-24)15-27-14-13-26(3)16-23(27)20-7-5-4-6-8-20/h4-12,17,23H,13-16H2,1-3H3/t23-/m0/s1. The van der Waals surface area contributed by atoms with Gasteiger partial charge in [0.15, 0.2) is 5.13 Å². The number of likely N-dealkylation sites (N-methyl/N-ethyl adjacent to an activating group) is 1. The predicted octanol–water partition coefficient (Wildman–Crippen LogP) is 4.62. The minimum absolute atomic E-state index is 0.0264. The summed E-state index contributed by atoms with van der Waals surface area (Å²) in [5.74, 6) is -0.0264. The Bertz CT molecular complexity index is 986. The molecule has 1 aliphatic rings. The van der Waals surface area contributed by atoms with Crippen LogP contribution in [0.2, 0.25) is 0 Å². The van der Waals surface area contributed by atoms with E-state index in [4.69, 9.17) is 4.98 Å². The summed E-state index contributed by atoms with van der Waals surface area (Å²) in [6, 6.07) is 19.0. The first-order chi connectivity index (χ1) is 14.5. The van der Waals surface area contributed by atoms with Gasteiger partial charge < -0.3 is 4.90 Å². The number of carbonyl (C=O) groups is 1. The monoisotopic (exact) mass is 420 g/mol. The Morgan fingerprint density at radius 1 is 1.13 bits per heavy atom. The molecule has 2 heterocycles. The third kappa shape index (κ3) is 4.61. The molecule has 6 heteroatoms. The number of hydrogen-bond donors (Lipinski definition) is 0. The fourth-order valence-electron chi connectivity index (χ4n) is 3.94. The minimum Gasteiger partial charge on any atom is -0.303 e. The summed E-state index contributed by atoms with van der Waals surface area (Å²) in [5, 5.41) is 2.81. The zero-order chi connectivity index (χ0) is 21.1. The molecule has 30 heavy (non-hydrogen) atoms. The molecule has 156 valence electrons. The van der Waals surface area contributed by atoms with Crippen LogP contribution in [0.5, 0.6) is 0 Å². The van der Waals surface area contributed by atoms with Gasteiger partial charge in [0.25, 0.3) is 0 Å². The van der Waals surface area contributed by atoms with Crippen molar-refractivity contribution in [3.8, 4) is 0 Å². The first kappa shape index (κ1) is 20.7. The topological polar surface area (TPSA) is 39.7 Å². The van der Waals surface area contributed by atoms with Crippen molar-refractivity contribution in [2.24, 2.45) is 0 Å². The van der Waals surface area contributed by atoms with Gasteiger partial charge in [-0.15, -0.1) is 11.3 Å². The molecule has 0 unspecified atom stereocenters. The van der Waals surface area contributed by atoms with Gasteiger partial charge in [-0.1, -0.05) is 48.0 Å². The summed E-state index contributed by atoms with van der Waals surface area (Å²) in [6.07, 6.45) is 0. The highest BCUT2D eigenvalue weighted by molar-refractivity contribution is 7.14. The Kier molecular flexibility index (Phi) is 6.27. The van der Waals surface area contributed by atoms with Gasteiger partial charge in [-0.25, -0.2) is 4.98 Å². The van der Waals surface area contributed by atoms with Gasteiger partial charge in [-0.05, 0) is 31.7 Å². The lowest BCUT2D eigenvalue weighted by Gasteiger charge is -2.40. The Balaban J connectivity index is 1.55.